The summed E-state index contributed by atoms with van der Waals surface area (Å²) in [7, 11) is 0. The van der Waals surface area contributed by atoms with Gasteiger partial charge in [-0.1, -0.05) is 17.7 Å². The third-order valence-corrected chi connectivity index (χ3v) is 4.44. The lowest BCUT2D eigenvalue weighted by Crippen LogP contribution is -2.45. The van der Waals surface area contributed by atoms with Gasteiger partial charge in [0.1, 0.15) is 0 Å². The molecule has 1 N–H and O–H groups in total. The summed E-state index contributed by atoms with van der Waals surface area (Å²) in [6, 6.07) is 9.50. The number of aromatic nitrogens is 2. The SMILES string of the molecule is O=C1c2cc(Cl)ccc2CCC1[n+]1ccc2[nH]ccc2c1. The van der Waals surface area contributed by atoms with Gasteiger partial charge in [0, 0.05) is 29.3 Å². The topological polar surface area (TPSA) is 36.7 Å². The Labute approximate surface area is 127 Å². The van der Waals surface area contributed by atoms with Crippen LogP contribution in [0.5, 0.6) is 0 Å². The van der Waals surface area contributed by atoms with Gasteiger partial charge in [-0.3, -0.25) is 4.79 Å². The van der Waals surface area contributed by atoms with Crippen molar-refractivity contribution in [2.75, 3.05) is 0 Å². The van der Waals surface area contributed by atoms with Crippen molar-refractivity contribution in [2.45, 2.75) is 18.9 Å². The molecule has 21 heavy (non-hydrogen) atoms. The number of aryl methyl sites for hydroxylation is 1. The minimum Gasteiger partial charge on any atom is -0.361 e. The fourth-order valence-electron chi connectivity index (χ4n) is 3.09. The molecule has 1 atom stereocenters. The van der Waals surface area contributed by atoms with Gasteiger partial charge in [-0.15, -0.1) is 0 Å². The summed E-state index contributed by atoms with van der Waals surface area (Å²) < 4.78 is 2.02. The Hall–Kier alpha value is -2.13. The Balaban J connectivity index is 1.77. The van der Waals surface area contributed by atoms with Crippen LogP contribution in [0.15, 0.2) is 48.9 Å². The standard InChI is InChI=1S/C17H13ClN2O/c18-13-3-1-11-2-4-16(17(21)14(11)9-13)20-8-6-15-12(10-20)5-7-19-15/h1,3,5-10,16H,2,4H2/p+1. The molecule has 0 aliphatic heterocycles. The highest BCUT2D eigenvalue weighted by Gasteiger charge is 2.34. The maximum Gasteiger partial charge on any atom is 0.230 e. The maximum absolute atomic E-state index is 12.8. The summed E-state index contributed by atoms with van der Waals surface area (Å²) in [5.74, 6) is 0.152. The third-order valence-electron chi connectivity index (χ3n) is 4.20. The summed E-state index contributed by atoms with van der Waals surface area (Å²) in [6.07, 6.45) is 7.64. The summed E-state index contributed by atoms with van der Waals surface area (Å²) in [4.78, 5) is 15.9. The zero-order valence-corrected chi connectivity index (χ0v) is 12.1. The second kappa shape index (κ2) is 4.71. The highest BCUT2D eigenvalue weighted by Crippen LogP contribution is 2.28. The largest absolute Gasteiger partial charge is 0.361 e. The predicted molar refractivity (Wildman–Crippen MR) is 81.6 cm³/mol. The second-order valence-electron chi connectivity index (χ2n) is 5.46. The van der Waals surface area contributed by atoms with Gasteiger partial charge in [0.25, 0.3) is 0 Å². The number of carbonyl (C=O) groups is 1. The molecule has 3 aromatic rings. The quantitative estimate of drug-likeness (QED) is 0.686. The van der Waals surface area contributed by atoms with E-state index in [9.17, 15) is 4.79 Å². The lowest BCUT2D eigenvalue weighted by atomic mass is 9.87. The average molecular weight is 298 g/mol. The fraction of sp³-hybridized carbons (Fsp3) is 0.176. The first-order chi connectivity index (χ1) is 10.2. The van der Waals surface area contributed by atoms with Crippen molar-refractivity contribution in [3.63, 3.8) is 0 Å². The van der Waals surface area contributed by atoms with Crippen molar-refractivity contribution in [2.24, 2.45) is 0 Å². The lowest BCUT2D eigenvalue weighted by Gasteiger charge is -2.19. The molecule has 0 spiro atoms. The molecule has 104 valence electrons. The van der Waals surface area contributed by atoms with Crippen LogP contribution in [0.4, 0.5) is 0 Å². The number of fused-ring (bicyclic) bond motifs is 2. The van der Waals surface area contributed by atoms with Gasteiger partial charge >= 0.3 is 0 Å². The number of hydrogen-bond donors (Lipinski definition) is 1. The second-order valence-corrected chi connectivity index (χ2v) is 5.90. The molecule has 0 amide bonds. The molecule has 0 saturated heterocycles. The molecule has 0 fully saturated rings. The Kier molecular flexibility index (Phi) is 2.82. The van der Waals surface area contributed by atoms with Crippen LogP contribution in [0.2, 0.25) is 5.02 Å². The number of nitrogens with one attached hydrogen (secondary N) is 1. The van der Waals surface area contributed by atoms with Crippen LogP contribution in [-0.4, -0.2) is 10.8 Å². The summed E-state index contributed by atoms with van der Waals surface area (Å²) >= 11 is 6.04. The molecule has 2 heterocycles. The number of hydrogen-bond acceptors (Lipinski definition) is 1. The van der Waals surface area contributed by atoms with E-state index in [1.165, 1.54) is 0 Å². The van der Waals surface area contributed by atoms with Gasteiger partial charge in [0.15, 0.2) is 12.4 Å². The van der Waals surface area contributed by atoms with Gasteiger partial charge in [0.2, 0.25) is 11.8 Å². The van der Waals surface area contributed by atoms with Crippen LogP contribution in [0, 0.1) is 0 Å². The van der Waals surface area contributed by atoms with Crippen LogP contribution in [-0.2, 0) is 6.42 Å². The number of carbonyl (C=O) groups excluding carboxylic acids is 1. The number of Topliss-reactive ketones (excluding diaryl/α,β-unsaturated/α-hetero) is 1. The molecule has 4 rings (SSSR count). The van der Waals surface area contributed by atoms with Crippen molar-refractivity contribution < 1.29 is 9.36 Å². The number of rotatable bonds is 1. The summed E-state index contributed by atoms with van der Waals surface area (Å²) in [5.41, 5.74) is 2.95. The number of aromatic amines is 1. The third kappa shape index (κ3) is 2.05. The highest BCUT2D eigenvalue weighted by atomic mass is 35.5. The van der Waals surface area contributed by atoms with E-state index in [0.29, 0.717) is 5.02 Å². The van der Waals surface area contributed by atoms with Crippen molar-refractivity contribution in [3.8, 4) is 0 Å². The van der Waals surface area contributed by atoms with E-state index in [1.54, 1.807) is 6.07 Å². The summed E-state index contributed by atoms with van der Waals surface area (Å²) in [6.45, 7) is 0. The molecule has 3 nitrogen and oxygen atoms in total. The molecular formula is C17H14ClN2O+. The number of nitrogens with zero attached hydrogens (tertiary/aromatic N) is 1. The number of ketones is 1. The first-order valence-corrected chi connectivity index (χ1v) is 7.41. The molecule has 4 heteroatoms. The molecular weight excluding hydrogens is 284 g/mol. The van der Waals surface area contributed by atoms with Gasteiger partial charge in [-0.2, -0.15) is 4.57 Å². The van der Waals surface area contributed by atoms with E-state index in [4.69, 9.17) is 11.6 Å². The van der Waals surface area contributed by atoms with E-state index in [2.05, 4.69) is 4.98 Å². The molecule has 1 aromatic carbocycles. The van der Waals surface area contributed by atoms with Crippen LogP contribution in [0.25, 0.3) is 10.9 Å². The highest BCUT2D eigenvalue weighted by molar-refractivity contribution is 6.31. The number of benzene rings is 1. The van der Waals surface area contributed by atoms with Gasteiger partial charge in [-0.05, 0) is 30.2 Å². The van der Waals surface area contributed by atoms with Crippen LogP contribution in [0.3, 0.4) is 0 Å². The Bertz CT molecular complexity index is 853. The Morgan fingerprint density at radius 1 is 1.24 bits per heavy atom. The Morgan fingerprint density at radius 3 is 3.05 bits per heavy atom. The van der Waals surface area contributed by atoms with Crippen LogP contribution < -0.4 is 4.57 Å². The Morgan fingerprint density at radius 2 is 2.14 bits per heavy atom. The zero-order chi connectivity index (χ0) is 14.4. The normalized spacial score (nSPS) is 18.0. The van der Waals surface area contributed by atoms with E-state index in [-0.39, 0.29) is 11.8 Å². The molecule has 1 aliphatic carbocycles. The minimum absolute atomic E-state index is 0.143. The van der Waals surface area contributed by atoms with Crippen molar-refractivity contribution >= 4 is 28.3 Å². The molecule has 0 bridgehead atoms. The number of H-pyrrole nitrogens is 1. The molecule has 0 saturated carbocycles. The zero-order valence-electron chi connectivity index (χ0n) is 11.3. The molecule has 0 radical (unpaired) electrons. The molecule has 1 unspecified atom stereocenters. The maximum atomic E-state index is 12.8. The minimum atomic E-state index is -0.143. The number of halogens is 1. The van der Waals surface area contributed by atoms with E-state index in [1.807, 2.05) is 47.4 Å². The van der Waals surface area contributed by atoms with Gasteiger partial charge in [-0.25, -0.2) is 0 Å². The van der Waals surface area contributed by atoms with Crippen molar-refractivity contribution in [3.05, 3.63) is 65.1 Å². The van der Waals surface area contributed by atoms with Gasteiger partial charge in [0.05, 0.1) is 10.9 Å². The van der Waals surface area contributed by atoms with E-state index in [0.717, 1.165) is 34.9 Å². The average Bonchev–Trinajstić information content (AvgIpc) is 2.95. The lowest BCUT2D eigenvalue weighted by molar-refractivity contribution is -0.707. The van der Waals surface area contributed by atoms with Crippen molar-refractivity contribution in [1.82, 2.24) is 4.98 Å². The van der Waals surface area contributed by atoms with Gasteiger partial charge < -0.3 is 4.98 Å². The molecule has 1 aliphatic rings. The van der Waals surface area contributed by atoms with Crippen LogP contribution in [0.1, 0.15) is 28.4 Å². The predicted octanol–water partition coefficient (Wildman–Crippen LogP) is 3.48. The van der Waals surface area contributed by atoms with Crippen LogP contribution >= 0.6 is 11.6 Å². The van der Waals surface area contributed by atoms with E-state index >= 15 is 0 Å². The smallest absolute Gasteiger partial charge is 0.230 e. The first kappa shape index (κ1) is 12.6. The fourth-order valence-corrected chi connectivity index (χ4v) is 3.26. The number of pyridine rings is 1. The van der Waals surface area contributed by atoms with E-state index < -0.39 is 0 Å². The van der Waals surface area contributed by atoms with Crippen molar-refractivity contribution in [1.29, 1.82) is 0 Å². The first-order valence-electron chi connectivity index (χ1n) is 7.03. The monoisotopic (exact) mass is 297 g/mol. The molecule has 2 aromatic heterocycles. The summed E-state index contributed by atoms with van der Waals surface area (Å²) in [5, 5.41) is 1.73.